The summed E-state index contributed by atoms with van der Waals surface area (Å²) < 4.78 is 137. The molecular formula is C20H15F10N3O4. The zero-order valence-electron chi connectivity index (χ0n) is 18.1. The first kappa shape index (κ1) is 29.4. The van der Waals surface area contributed by atoms with Crippen molar-refractivity contribution in [3.63, 3.8) is 0 Å². The van der Waals surface area contributed by atoms with Crippen LogP contribution in [0.1, 0.15) is 5.69 Å². The number of amides is 1. The molecule has 0 radical (unpaired) electrons. The lowest BCUT2D eigenvalue weighted by atomic mass is 10.2. The Balaban J connectivity index is 2.26. The van der Waals surface area contributed by atoms with E-state index in [0.29, 0.717) is 0 Å². The van der Waals surface area contributed by atoms with Crippen LogP contribution in [0.5, 0.6) is 17.6 Å². The fourth-order valence-electron chi connectivity index (χ4n) is 2.47. The molecule has 0 unspecified atom stereocenters. The Labute approximate surface area is 201 Å². The smallest absolute Gasteiger partial charge is 0.468 e. The van der Waals surface area contributed by atoms with Crippen molar-refractivity contribution in [3.05, 3.63) is 42.1 Å². The van der Waals surface area contributed by atoms with E-state index in [1.165, 1.54) is 0 Å². The van der Waals surface area contributed by atoms with Gasteiger partial charge in [0.2, 0.25) is 5.88 Å². The lowest BCUT2D eigenvalue weighted by Crippen LogP contribution is -2.31. The second-order valence-electron chi connectivity index (χ2n) is 6.78. The number of carbonyl (C=O) groups excluding carboxylic acids is 1. The van der Waals surface area contributed by atoms with Gasteiger partial charge in [-0.25, -0.2) is 4.39 Å². The molecule has 1 amide bonds. The molecule has 0 atom stereocenters. The van der Waals surface area contributed by atoms with Crippen molar-refractivity contribution in [2.45, 2.75) is 18.7 Å². The molecule has 1 aromatic carbocycles. The van der Waals surface area contributed by atoms with Gasteiger partial charge >= 0.3 is 24.7 Å². The van der Waals surface area contributed by atoms with Crippen LogP contribution in [0.2, 0.25) is 0 Å². The molecular weight excluding hydrogens is 536 g/mol. The number of halogens is 10. The fourth-order valence-corrected chi connectivity index (χ4v) is 2.47. The average Bonchev–Trinajstić information content (AvgIpc) is 2.77. The van der Waals surface area contributed by atoms with Gasteiger partial charge in [0.05, 0.1) is 12.2 Å². The summed E-state index contributed by atoms with van der Waals surface area (Å²) in [7, 11) is 0. The lowest BCUT2D eigenvalue weighted by molar-refractivity contribution is -0.274. The predicted molar refractivity (Wildman–Crippen MR) is 106 cm³/mol. The summed E-state index contributed by atoms with van der Waals surface area (Å²) in [4.78, 5) is 20.2. The number of rotatable bonds is 10. The third-order valence-electron chi connectivity index (χ3n) is 3.80. The van der Waals surface area contributed by atoms with Crippen molar-refractivity contribution < 1.29 is 62.9 Å². The summed E-state index contributed by atoms with van der Waals surface area (Å²) in [6.07, 6.45) is -13.0. The number of benzene rings is 1. The van der Waals surface area contributed by atoms with Gasteiger partial charge in [0.1, 0.15) is 12.4 Å². The van der Waals surface area contributed by atoms with Gasteiger partial charge in [0, 0.05) is 17.8 Å². The normalized spacial score (nSPS) is 12.5. The average molecular weight is 551 g/mol. The highest BCUT2D eigenvalue weighted by Gasteiger charge is 2.32. The molecule has 2 aromatic rings. The summed E-state index contributed by atoms with van der Waals surface area (Å²) >= 11 is 0. The third-order valence-corrected chi connectivity index (χ3v) is 3.80. The van der Waals surface area contributed by atoms with E-state index < -0.39 is 74.4 Å². The van der Waals surface area contributed by atoms with Gasteiger partial charge in [-0.2, -0.15) is 36.3 Å². The predicted octanol–water partition coefficient (Wildman–Crippen LogP) is 5.27. The Morgan fingerprint density at radius 2 is 1.49 bits per heavy atom. The summed E-state index contributed by atoms with van der Waals surface area (Å²) in [5.41, 5.74) is -0.459. The first-order valence-corrected chi connectivity index (χ1v) is 9.74. The minimum atomic E-state index is -4.97. The molecule has 37 heavy (non-hydrogen) atoms. The molecule has 1 aromatic heterocycles. The van der Waals surface area contributed by atoms with Gasteiger partial charge in [-0.3, -0.25) is 4.79 Å². The number of hydrogen-bond acceptors (Lipinski definition) is 6. The molecule has 0 saturated heterocycles. The van der Waals surface area contributed by atoms with Crippen molar-refractivity contribution in [1.29, 1.82) is 0 Å². The van der Waals surface area contributed by atoms with E-state index in [0.717, 1.165) is 47.4 Å². The molecule has 0 aliphatic heterocycles. The Kier molecular flexibility index (Phi) is 9.52. The van der Waals surface area contributed by atoms with Gasteiger partial charge in [-0.15, -0.1) is 13.2 Å². The molecule has 1 heterocycles. The molecule has 0 bridgehead atoms. The zero-order chi connectivity index (χ0) is 27.9. The van der Waals surface area contributed by atoms with Crippen LogP contribution in [0.4, 0.5) is 49.6 Å². The highest BCUT2D eigenvalue weighted by Crippen LogP contribution is 2.26. The maximum atomic E-state index is 13.0. The molecule has 7 nitrogen and oxygen atoms in total. The van der Waals surface area contributed by atoms with Gasteiger partial charge in [-0.05, 0) is 30.3 Å². The highest BCUT2D eigenvalue weighted by atomic mass is 19.4. The Bertz CT molecular complexity index is 1030. The van der Waals surface area contributed by atoms with Crippen LogP contribution >= 0.6 is 0 Å². The van der Waals surface area contributed by atoms with Gasteiger partial charge in [0.15, 0.2) is 13.2 Å². The van der Waals surface area contributed by atoms with E-state index in [2.05, 4.69) is 24.2 Å². The topological polar surface area (TPSA) is 73.8 Å². The number of hydrogen-bond donors (Lipinski definition) is 0. The number of ether oxygens (including phenoxy) is 3. The van der Waals surface area contributed by atoms with E-state index in [1.807, 2.05) is 0 Å². The van der Waals surface area contributed by atoms with Crippen LogP contribution in [-0.4, -0.2) is 61.0 Å². The van der Waals surface area contributed by atoms with E-state index in [-0.39, 0.29) is 5.69 Å². The number of nitrogens with zero attached hydrogens (tertiary/aromatic N) is 3. The molecule has 2 rings (SSSR count). The second-order valence-corrected chi connectivity index (χ2v) is 6.78. The molecule has 0 N–H and O–H groups in total. The Morgan fingerprint density at radius 1 is 0.892 bits per heavy atom. The number of carbonyl (C=O) groups is 1. The minimum Gasteiger partial charge on any atom is -0.468 e. The van der Waals surface area contributed by atoms with E-state index >= 15 is 0 Å². The van der Waals surface area contributed by atoms with Crippen LogP contribution in [0.25, 0.3) is 6.08 Å². The van der Waals surface area contributed by atoms with Crippen molar-refractivity contribution in [2.24, 2.45) is 0 Å². The van der Waals surface area contributed by atoms with E-state index in [1.54, 1.807) is 0 Å². The van der Waals surface area contributed by atoms with E-state index in [9.17, 15) is 48.7 Å². The molecule has 0 aliphatic carbocycles. The molecule has 0 fully saturated rings. The van der Waals surface area contributed by atoms with Crippen molar-refractivity contribution >= 4 is 17.7 Å². The largest absolute Gasteiger partial charge is 0.573 e. The quantitative estimate of drug-likeness (QED) is 0.296. The summed E-state index contributed by atoms with van der Waals surface area (Å²) in [6, 6.07) is 3.54. The minimum absolute atomic E-state index is 0.0482. The number of alkyl halides is 10. The maximum Gasteiger partial charge on any atom is 0.573 e. The van der Waals surface area contributed by atoms with Gasteiger partial charge in [0.25, 0.3) is 5.91 Å². The van der Waals surface area contributed by atoms with Crippen LogP contribution < -0.4 is 19.1 Å². The van der Waals surface area contributed by atoms with E-state index in [4.69, 9.17) is 0 Å². The molecule has 17 heteroatoms. The first-order valence-electron chi connectivity index (χ1n) is 9.74. The molecule has 0 aliphatic rings. The summed E-state index contributed by atoms with van der Waals surface area (Å²) in [6.45, 7) is -5.34. The fraction of sp³-hybridized carbons (Fsp3) is 0.350. The summed E-state index contributed by atoms with van der Waals surface area (Å²) in [5.74, 6) is -2.40. The Morgan fingerprint density at radius 3 is 2.03 bits per heavy atom. The van der Waals surface area contributed by atoms with Crippen molar-refractivity contribution in [1.82, 2.24) is 9.97 Å². The third kappa shape index (κ3) is 11.2. The monoisotopic (exact) mass is 551 g/mol. The van der Waals surface area contributed by atoms with Crippen LogP contribution in [0, 0.1) is 0 Å². The second kappa shape index (κ2) is 12.0. The number of aromatic nitrogens is 2. The zero-order valence-corrected chi connectivity index (χ0v) is 18.1. The van der Waals surface area contributed by atoms with Crippen LogP contribution in [0.15, 0.2) is 36.4 Å². The molecule has 0 spiro atoms. The first-order chi connectivity index (χ1) is 17.0. The van der Waals surface area contributed by atoms with Gasteiger partial charge in [-0.1, -0.05) is 0 Å². The van der Waals surface area contributed by atoms with Crippen LogP contribution in [-0.2, 0) is 4.79 Å². The standard InChI is InChI=1S/C20H15F10N3O4/c21-7-8-33(13-2-4-14(5-3-13)37-20(28,29)30)16(34)6-1-12-9-15(35-10-18(22,23)24)32-17(31-12)36-11-19(25,26)27/h1-6,9H,7-8,10-11H2/b6-1+. The van der Waals surface area contributed by atoms with Crippen molar-refractivity contribution in [2.75, 3.05) is 31.3 Å². The van der Waals surface area contributed by atoms with Crippen LogP contribution in [0.3, 0.4) is 0 Å². The molecule has 0 saturated carbocycles. The highest BCUT2D eigenvalue weighted by molar-refractivity contribution is 6.03. The molecule has 204 valence electrons. The maximum absolute atomic E-state index is 13.0. The SMILES string of the molecule is O=C(/C=C/c1cc(OCC(F)(F)F)nc(OCC(F)(F)F)n1)N(CCF)c1ccc(OC(F)(F)F)cc1. The Hall–Kier alpha value is -3.79. The number of anilines is 1. The lowest BCUT2D eigenvalue weighted by Gasteiger charge is -2.20. The van der Waals surface area contributed by atoms with Crippen molar-refractivity contribution in [3.8, 4) is 17.6 Å². The summed E-state index contributed by atoms with van der Waals surface area (Å²) in [5, 5.41) is 0. The van der Waals surface area contributed by atoms with Gasteiger partial charge < -0.3 is 19.1 Å².